The van der Waals surface area contributed by atoms with E-state index in [9.17, 15) is 0 Å². The SMILES string of the molecule is Cc1ccc(NCC2=CCCOC2)cc1Cl. The molecule has 0 saturated heterocycles. The van der Waals surface area contributed by atoms with Crippen molar-refractivity contribution in [3.63, 3.8) is 0 Å². The summed E-state index contributed by atoms with van der Waals surface area (Å²) in [5, 5.41) is 4.15. The molecule has 0 bridgehead atoms. The highest BCUT2D eigenvalue weighted by Crippen LogP contribution is 2.20. The monoisotopic (exact) mass is 237 g/mol. The minimum absolute atomic E-state index is 0.743. The van der Waals surface area contributed by atoms with Crippen LogP contribution in [0, 0.1) is 6.92 Å². The Morgan fingerprint density at radius 2 is 2.31 bits per heavy atom. The van der Waals surface area contributed by atoms with Crippen LogP contribution >= 0.6 is 11.6 Å². The number of ether oxygens (including phenoxy) is 1. The van der Waals surface area contributed by atoms with E-state index in [1.165, 1.54) is 5.57 Å². The quantitative estimate of drug-likeness (QED) is 0.814. The summed E-state index contributed by atoms with van der Waals surface area (Å²) < 4.78 is 5.38. The number of hydrogen-bond acceptors (Lipinski definition) is 2. The van der Waals surface area contributed by atoms with Gasteiger partial charge in [0.2, 0.25) is 0 Å². The molecule has 0 aliphatic carbocycles. The second kappa shape index (κ2) is 5.37. The van der Waals surface area contributed by atoms with Crippen LogP contribution in [0.15, 0.2) is 29.8 Å². The Morgan fingerprint density at radius 3 is 3.00 bits per heavy atom. The summed E-state index contributed by atoms with van der Waals surface area (Å²) in [4.78, 5) is 0. The molecule has 1 N–H and O–H groups in total. The van der Waals surface area contributed by atoms with Crippen molar-refractivity contribution in [3.8, 4) is 0 Å². The molecule has 1 heterocycles. The minimum atomic E-state index is 0.743. The van der Waals surface area contributed by atoms with Gasteiger partial charge in [-0.25, -0.2) is 0 Å². The minimum Gasteiger partial charge on any atom is -0.381 e. The molecule has 86 valence electrons. The zero-order chi connectivity index (χ0) is 11.4. The second-order valence-corrected chi connectivity index (χ2v) is 4.43. The standard InChI is InChI=1S/C13H16ClNO/c1-10-4-5-12(7-13(10)14)15-8-11-3-2-6-16-9-11/h3-5,7,15H,2,6,8-9H2,1H3. The van der Waals surface area contributed by atoms with E-state index in [0.717, 1.165) is 42.5 Å². The number of rotatable bonds is 3. The number of aryl methyl sites for hydroxylation is 1. The lowest BCUT2D eigenvalue weighted by Gasteiger charge is -2.15. The van der Waals surface area contributed by atoms with Crippen molar-refractivity contribution in [3.05, 3.63) is 40.4 Å². The van der Waals surface area contributed by atoms with Crippen LogP contribution in [0.25, 0.3) is 0 Å². The van der Waals surface area contributed by atoms with Crippen LogP contribution in [0.1, 0.15) is 12.0 Å². The molecule has 0 aromatic heterocycles. The van der Waals surface area contributed by atoms with Gasteiger partial charge in [-0.1, -0.05) is 23.7 Å². The van der Waals surface area contributed by atoms with Gasteiger partial charge >= 0.3 is 0 Å². The van der Waals surface area contributed by atoms with Crippen molar-refractivity contribution in [1.82, 2.24) is 0 Å². The van der Waals surface area contributed by atoms with Crippen LogP contribution in [-0.2, 0) is 4.74 Å². The van der Waals surface area contributed by atoms with Gasteiger partial charge in [-0.3, -0.25) is 0 Å². The predicted octanol–water partition coefficient (Wildman–Crippen LogP) is 3.41. The molecule has 0 saturated carbocycles. The number of anilines is 1. The van der Waals surface area contributed by atoms with Gasteiger partial charge in [0.05, 0.1) is 13.2 Å². The first-order chi connectivity index (χ1) is 7.75. The van der Waals surface area contributed by atoms with Crippen molar-refractivity contribution in [2.45, 2.75) is 13.3 Å². The van der Waals surface area contributed by atoms with Gasteiger partial charge in [0.15, 0.2) is 0 Å². The van der Waals surface area contributed by atoms with Crippen LogP contribution in [-0.4, -0.2) is 19.8 Å². The Bertz CT molecular complexity index is 401. The van der Waals surface area contributed by atoms with Crippen molar-refractivity contribution in [1.29, 1.82) is 0 Å². The molecule has 2 rings (SSSR count). The van der Waals surface area contributed by atoms with E-state index in [4.69, 9.17) is 16.3 Å². The van der Waals surface area contributed by atoms with Gasteiger partial charge in [-0.15, -0.1) is 0 Å². The van der Waals surface area contributed by atoms with Gasteiger partial charge in [0.1, 0.15) is 0 Å². The van der Waals surface area contributed by atoms with Crippen LogP contribution in [0.4, 0.5) is 5.69 Å². The molecule has 0 fully saturated rings. The summed E-state index contributed by atoms with van der Waals surface area (Å²) in [5.74, 6) is 0. The average Bonchev–Trinajstić information content (AvgIpc) is 2.32. The highest BCUT2D eigenvalue weighted by Gasteiger charge is 2.03. The Hall–Kier alpha value is -0.990. The fourth-order valence-electron chi connectivity index (χ4n) is 1.65. The molecule has 0 amide bonds. The lowest BCUT2D eigenvalue weighted by Crippen LogP contribution is -2.13. The Labute approximate surface area is 101 Å². The second-order valence-electron chi connectivity index (χ2n) is 4.02. The van der Waals surface area contributed by atoms with Crippen LogP contribution in [0.5, 0.6) is 0 Å². The molecule has 0 radical (unpaired) electrons. The molecule has 2 nitrogen and oxygen atoms in total. The molecule has 0 spiro atoms. The van der Waals surface area contributed by atoms with Gasteiger partial charge in [0.25, 0.3) is 0 Å². The Balaban J connectivity index is 1.94. The van der Waals surface area contributed by atoms with Crippen molar-refractivity contribution < 1.29 is 4.74 Å². The largest absolute Gasteiger partial charge is 0.381 e. The smallest absolute Gasteiger partial charge is 0.0693 e. The third kappa shape index (κ3) is 3.00. The third-order valence-corrected chi connectivity index (χ3v) is 3.08. The van der Waals surface area contributed by atoms with Crippen LogP contribution in [0.2, 0.25) is 5.02 Å². The van der Waals surface area contributed by atoms with E-state index in [1.54, 1.807) is 0 Å². The molecular weight excluding hydrogens is 222 g/mol. The first-order valence-electron chi connectivity index (χ1n) is 5.51. The average molecular weight is 238 g/mol. The first kappa shape index (κ1) is 11.5. The summed E-state index contributed by atoms with van der Waals surface area (Å²) >= 11 is 6.06. The maximum Gasteiger partial charge on any atom is 0.0693 e. The van der Waals surface area contributed by atoms with E-state index in [2.05, 4.69) is 11.4 Å². The summed E-state index contributed by atoms with van der Waals surface area (Å²) in [6.07, 6.45) is 3.26. The van der Waals surface area contributed by atoms with Crippen molar-refractivity contribution in [2.24, 2.45) is 0 Å². The van der Waals surface area contributed by atoms with Crippen molar-refractivity contribution in [2.75, 3.05) is 25.1 Å². The number of benzene rings is 1. The Kier molecular flexibility index (Phi) is 3.86. The van der Waals surface area contributed by atoms with E-state index >= 15 is 0 Å². The first-order valence-corrected chi connectivity index (χ1v) is 5.89. The highest BCUT2D eigenvalue weighted by atomic mass is 35.5. The summed E-state index contributed by atoms with van der Waals surface area (Å²) in [5.41, 5.74) is 3.47. The predicted molar refractivity (Wildman–Crippen MR) is 68.2 cm³/mol. The fourth-order valence-corrected chi connectivity index (χ4v) is 1.83. The molecule has 1 aromatic rings. The molecule has 3 heteroatoms. The van der Waals surface area contributed by atoms with Gasteiger partial charge < -0.3 is 10.1 Å². The van der Waals surface area contributed by atoms with Crippen molar-refractivity contribution >= 4 is 17.3 Å². The third-order valence-electron chi connectivity index (χ3n) is 2.67. The Morgan fingerprint density at radius 1 is 1.44 bits per heavy atom. The maximum atomic E-state index is 6.06. The molecular formula is C13H16ClNO. The number of halogens is 1. The normalized spacial score (nSPS) is 15.8. The summed E-state index contributed by atoms with van der Waals surface area (Å²) in [7, 11) is 0. The molecule has 16 heavy (non-hydrogen) atoms. The van der Waals surface area contributed by atoms with E-state index in [0.29, 0.717) is 0 Å². The zero-order valence-corrected chi connectivity index (χ0v) is 10.2. The molecule has 1 aliphatic rings. The van der Waals surface area contributed by atoms with Gasteiger partial charge in [-0.2, -0.15) is 0 Å². The molecule has 0 unspecified atom stereocenters. The number of hydrogen-bond donors (Lipinski definition) is 1. The van der Waals surface area contributed by atoms with Gasteiger partial charge in [0, 0.05) is 17.3 Å². The fraction of sp³-hybridized carbons (Fsp3) is 0.385. The van der Waals surface area contributed by atoms with E-state index in [-0.39, 0.29) is 0 Å². The van der Waals surface area contributed by atoms with Gasteiger partial charge in [-0.05, 0) is 36.6 Å². The topological polar surface area (TPSA) is 21.3 Å². The number of nitrogens with one attached hydrogen (secondary N) is 1. The molecule has 1 aromatic carbocycles. The molecule has 0 atom stereocenters. The van der Waals surface area contributed by atoms with Crippen LogP contribution in [0.3, 0.4) is 0 Å². The lowest BCUT2D eigenvalue weighted by molar-refractivity contribution is 0.150. The summed E-state index contributed by atoms with van der Waals surface area (Å²) in [6.45, 7) is 4.43. The maximum absolute atomic E-state index is 6.06. The summed E-state index contributed by atoms with van der Waals surface area (Å²) in [6, 6.07) is 6.03. The van der Waals surface area contributed by atoms with E-state index < -0.39 is 0 Å². The highest BCUT2D eigenvalue weighted by molar-refractivity contribution is 6.31. The lowest BCUT2D eigenvalue weighted by atomic mass is 10.2. The van der Waals surface area contributed by atoms with E-state index in [1.807, 2.05) is 25.1 Å². The molecule has 1 aliphatic heterocycles. The van der Waals surface area contributed by atoms with Crippen LogP contribution < -0.4 is 5.32 Å². The zero-order valence-electron chi connectivity index (χ0n) is 9.42.